The number of ether oxygens (including phenoxy) is 1. The van der Waals surface area contributed by atoms with Crippen molar-refractivity contribution >= 4 is 17.7 Å². The predicted octanol–water partition coefficient (Wildman–Crippen LogP) is 3.57. The van der Waals surface area contributed by atoms with Crippen molar-refractivity contribution in [3.8, 4) is 5.75 Å². The Labute approximate surface area is 225 Å². The molecule has 6 atom stereocenters. The average molecular weight is 533 g/mol. The van der Waals surface area contributed by atoms with Gasteiger partial charge in [0.2, 0.25) is 0 Å². The quantitative estimate of drug-likeness (QED) is 0.256. The lowest BCUT2D eigenvalue weighted by atomic mass is 9.82. The number of hydrogen-bond acceptors (Lipinski definition) is 7. The predicted molar refractivity (Wildman–Crippen MR) is 146 cm³/mol. The highest BCUT2D eigenvalue weighted by molar-refractivity contribution is 6.04. The first-order valence-electron chi connectivity index (χ1n) is 13.2. The van der Waals surface area contributed by atoms with Crippen molar-refractivity contribution in [2.24, 2.45) is 29.4 Å². The fourth-order valence-corrected chi connectivity index (χ4v) is 5.26. The summed E-state index contributed by atoms with van der Waals surface area (Å²) < 4.78 is 5.37. The molecule has 9 heteroatoms. The number of aliphatic hydroxyl groups excluding tert-OH is 3. The molecule has 2 rings (SSSR count). The van der Waals surface area contributed by atoms with E-state index < -0.39 is 30.1 Å². The molecular weight excluding hydrogens is 488 g/mol. The van der Waals surface area contributed by atoms with Crippen LogP contribution in [-0.2, 0) is 16.0 Å². The van der Waals surface area contributed by atoms with Gasteiger partial charge < -0.3 is 36.2 Å². The number of allylic oxidation sites excluding steroid dienone is 1. The zero-order chi connectivity index (χ0) is 28.6. The number of benzene rings is 1. The number of hydrogen-bond donors (Lipinski definition) is 6. The van der Waals surface area contributed by atoms with Gasteiger partial charge in [-0.25, -0.2) is 4.79 Å². The molecule has 1 aromatic carbocycles. The molecule has 0 aromatic heterocycles. The van der Waals surface area contributed by atoms with Crippen LogP contribution < -0.4 is 11.1 Å². The number of anilines is 1. The summed E-state index contributed by atoms with van der Waals surface area (Å²) in [4.78, 5) is 24.5. The highest BCUT2D eigenvalue weighted by Gasteiger charge is 2.29. The van der Waals surface area contributed by atoms with Gasteiger partial charge in [0.05, 0.1) is 11.8 Å². The summed E-state index contributed by atoms with van der Waals surface area (Å²) in [6.45, 7) is 8.62. The molecule has 7 N–H and O–H groups in total. The maximum atomic E-state index is 12.8. The summed E-state index contributed by atoms with van der Waals surface area (Å²) in [5.41, 5.74) is 8.30. The summed E-state index contributed by atoms with van der Waals surface area (Å²) in [6.07, 6.45) is 2.66. The van der Waals surface area contributed by atoms with E-state index in [0.717, 1.165) is 5.56 Å². The van der Waals surface area contributed by atoms with Crippen LogP contribution in [0.2, 0.25) is 0 Å². The third-order valence-corrected chi connectivity index (χ3v) is 7.51. The van der Waals surface area contributed by atoms with E-state index >= 15 is 0 Å². The van der Waals surface area contributed by atoms with Crippen LogP contribution in [0, 0.1) is 30.6 Å². The number of nitrogens with one attached hydrogen (secondary N) is 1. The average Bonchev–Trinajstić information content (AvgIpc) is 2.86. The number of aryl methyl sites for hydroxylation is 1. The van der Waals surface area contributed by atoms with E-state index in [9.17, 15) is 30.0 Å². The zero-order valence-corrected chi connectivity index (χ0v) is 23.1. The minimum atomic E-state index is -0.974. The lowest BCUT2D eigenvalue weighted by Crippen LogP contribution is -2.34. The Morgan fingerprint density at radius 3 is 2.39 bits per heavy atom. The number of nitrogens with two attached hydrogens (primary N) is 1. The number of rotatable bonds is 3. The smallest absolute Gasteiger partial charge is 0.405 e. The number of fused-ring (bicyclic) bond motifs is 2. The number of phenols is 1. The van der Waals surface area contributed by atoms with Gasteiger partial charge in [-0.15, -0.1) is 0 Å². The van der Waals surface area contributed by atoms with Gasteiger partial charge in [0.1, 0.15) is 11.9 Å². The van der Waals surface area contributed by atoms with Crippen molar-refractivity contribution < 1.29 is 34.8 Å². The van der Waals surface area contributed by atoms with Crippen LogP contribution in [0.1, 0.15) is 58.1 Å². The van der Waals surface area contributed by atoms with Crippen LogP contribution in [0.3, 0.4) is 0 Å². The van der Waals surface area contributed by atoms with E-state index in [-0.39, 0.29) is 36.7 Å². The Morgan fingerprint density at radius 1 is 1.13 bits per heavy atom. The van der Waals surface area contributed by atoms with Crippen LogP contribution in [0.5, 0.6) is 5.75 Å². The van der Waals surface area contributed by atoms with Crippen molar-refractivity contribution in [2.45, 2.75) is 72.5 Å². The third-order valence-electron chi connectivity index (χ3n) is 7.51. The molecule has 38 heavy (non-hydrogen) atoms. The van der Waals surface area contributed by atoms with Gasteiger partial charge in [0, 0.05) is 36.5 Å². The van der Waals surface area contributed by atoms with Gasteiger partial charge in [-0.3, -0.25) is 4.79 Å². The third kappa shape index (κ3) is 8.31. The fraction of sp³-hybridized carbons (Fsp3) is 0.586. The van der Waals surface area contributed by atoms with Crippen LogP contribution in [0.25, 0.3) is 0 Å². The number of aromatic hydroxyl groups is 1. The first kappa shape index (κ1) is 31.3. The number of carbonyl (C=O) groups excluding carboxylic acids is 2. The van der Waals surface area contributed by atoms with E-state index in [1.54, 1.807) is 32.1 Å². The highest BCUT2D eigenvalue weighted by atomic mass is 16.6. The van der Waals surface area contributed by atoms with Crippen LogP contribution in [0.15, 0.2) is 35.4 Å². The maximum absolute atomic E-state index is 12.8. The SMILES string of the molecule is C/C1=C\CC[C@H](CO)[C@@H](OC(N)=O)/C(C)=C/[C@H](C)[C@@H](O)[C@@H](CO)C[C@H](C)Cc2c(C)ccc(c2O)NC1=O. The van der Waals surface area contributed by atoms with E-state index in [0.29, 0.717) is 48.1 Å². The van der Waals surface area contributed by atoms with Crippen molar-refractivity contribution in [2.75, 3.05) is 18.5 Å². The topological polar surface area (TPSA) is 162 Å². The molecule has 0 fully saturated rings. The summed E-state index contributed by atoms with van der Waals surface area (Å²) >= 11 is 0. The molecule has 212 valence electrons. The molecule has 1 heterocycles. The Bertz CT molecular complexity index is 1040. The number of aliphatic hydroxyl groups is 3. The summed E-state index contributed by atoms with van der Waals surface area (Å²) in [5, 5.41) is 45.0. The molecule has 0 aliphatic carbocycles. The first-order valence-corrected chi connectivity index (χ1v) is 13.2. The fourth-order valence-electron chi connectivity index (χ4n) is 5.26. The summed E-state index contributed by atoms with van der Waals surface area (Å²) in [7, 11) is 0. The summed E-state index contributed by atoms with van der Waals surface area (Å²) in [5.74, 6) is -1.66. The molecular formula is C29H44N2O7. The van der Waals surface area contributed by atoms with Gasteiger partial charge in [-0.2, -0.15) is 0 Å². The van der Waals surface area contributed by atoms with Crippen LogP contribution >= 0.6 is 0 Å². The largest absolute Gasteiger partial charge is 0.505 e. The van der Waals surface area contributed by atoms with E-state index in [2.05, 4.69) is 5.32 Å². The number of amides is 2. The summed E-state index contributed by atoms with van der Waals surface area (Å²) in [6, 6.07) is 3.51. The second-order valence-electron chi connectivity index (χ2n) is 10.7. The second-order valence-corrected chi connectivity index (χ2v) is 10.7. The maximum Gasteiger partial charge on any atom is 0.405 e. The Hall–Kier alpha value is -2.88. The lowest BCUT2D eigenvalue weighted by Gasteiger charge is -2.30. The lowest BCUT2D eigenvalue weighted by molar-refractivity contribution is -0.112. The molecule has 1 aliphatic heterocycles. The normalized spacial score (nSPS) is 30.9. The molecule has 0 saturated heterocycles. The van der Waals surface area contributed by atoms with Gasteiger partial charge >= 0.3 is 6.09 Å². The number of phenolic OH excluding ortho intramolecular Hbond substituents is 1. The van der Waals surface area contributed by atoms with Gasteiger partial charge in [-0.1, -0.05) is 32.1 Å². The van der Waals surface area contributed by atoms with Crippen molar-refractivity contribution in [1.82, 2.24) is 0 Å². The highest BCUT2D eigenvalue weighted by Crippen LogP contribution is 2.34. The monoisotopic (exact) mass is 532 g/mol. The molecule has 0 saturated carbocycles. The van der Waals surface area contributed by atoms with Gasteiger partial charge in [0.25, 0.3) is 5.91 Å². The minimum Gasteiger partial charge on any atom is -0.505 e. The molecule has 1 aliphatic rings. The molecule has 0 unspecified atom stereocenters. The Balaban J connectivity index is 2.52. The van der Waals surface area contributed by atoms with Crippen molar-refractivity contribution in [3.63, 3.8) is 0 Å². The van der Waals surface area contributed by atoms with E-state index in [1.807, 2.05) is 26.8 Å². The Morgan fingerprint density at radius 2 is 1.79 bits per heavy atom. The molecule has 9 nitrogen and oxygen atoms in total. The van der Waals surface area contributed by atoms with Crippen LogP contribution in [-0.4, -0.2) is 57.8 Å². The van der Waals surface area contributed by atoms with Gasteiger partial charge in [-0.05, 0) is 75.1 Å². The molecule has 2 bridgehead atoms. The number of primary amides is 1. The second kappa shape index (κ2) is 14.3. The van der Waals surface area contributed by atoms with Crippen molar-refractivity contribution in [1.29, 1.82) is 0 Å². The van der Waals surface area contributed by atoms with E-state index in [4.69, 9.17) is 10.5 Å². The zero-order valence-electron chi connectivity index (χ0n) is 23.1. The Kier molecular flexibility index (Phi) is 11.8. The molecule has 2 amide bonds. The number of carbonyl (C=O) groups is 2. The van der Waals surface area contributed by atoms with Crippen molar-refractivity contribution in [3.05, 3.63) is 46.6 Å². The molecule has 0 spiro atoms. The standard InChI is InChI=1S/C29H44N2O7/c1-16-11-22(15-33)25(34)19(4)13-20(5)27(38-29(30)37)21(14-32)8-6-7-18(3)28(36)31-24-10-9-17(2)23(12-16)26(24)35/h7,9-10,13,16,19,21-22,25,27,32-35H,6,8,11-12,14-15H2,1-5H3,(H2,30,37)(H,31,36)/b18-7+,20-13+/t16-,19-,21+,22+,25+,27-/m0/s1. The minimum absolute atomic E-state index is 0.00283. The van der Waals surface area contributed by atoms with Crippen LogP contribution in [0.4, 0.5) is 10.5 Å². The molecule has 0 radical (unpaired) electrons. The first-order chi connectivity index (χ1) is 17.9. The van der Waals surface area contributed by atoms with E-state index in [1.165, 1.54) is 0 Å². The molecule has 1 aromatic rings. The van der Waals surface area contributed by atoms with Gasteiger partial charge in [0.15, 0.2) is 0 Å².